The molecule has 0 aromatic heterocycles. The maximum absolute atomic E-state index is 12.9. The van der Waals surface area contributed by atoms with Gasteiger partial charge in [0.15, 0.2) is 0 Å². The summed E-state index contributed by atoms with van der Waals surface area (Å²) in [5, 5.41) is 13.4. The minimum absolute atomic E-state index is 0.00821. The molecule has 0 radical (unpaired) electrons. The van der Waals surface area contributed by atoms with Crippen molar-refractivity contribution in [3.05, 3.63) is 29.0 Å². The van der Waals surface area contributed by atoms with Crippen molar-refractivity contribution < 1.29 is 19.1 Å². The normalized spacial score (nSPS) is 11.8. The van der Waals surface area contributed by atoms with E-state index < -0.39 is 23.7 Å². The molecule has 0 bridgehead atoms. The van der Waals surface area contributed by atoms with Gasteiger partial charge >= 0.3 is 11.8 Å². The van der Waals surface area contributed by atoms with Gasteiger partial charge in [-0.2, -0.15) is 0 Å². The Bertz CT molecular complexity index is 466. The second-order valence-electron chi connectivity index (χ2n) is 3.64. The molecule has 0 spiro atoms. The molecule has 0 heterocycles. The number of amides is 2. The van der Waals surface area contributed by atoms with Crippen molar-refractivity contribution in [1.29, 1.82) is 0 Å². The van der Waals surface area contributed by atoms with Crippen LogP contribution in [-0.2, 0) is 9.59 Å². The lowest BCUT2D eigenvalue weighted by atomic mass is 10.3. The highest BCUT2D eigenvalue weighted by atomic mass is 35.5. The first kappa shape index (κ1) is 14.4. The number of nitrogens with one attached hydrogen (secondary N) is 2. The van der Waals surface area contributed by atoms with Crippen molar-refractivity contribution >= 4 is 29.1 Å². The fraction of sp³-hybridized carbons (Fsp3) is 0.273. The van der Waals surface area contributed by atoms with E-state index >= 15 is 0 Å². The zero-order valence-electron chi connectivity index (χ0n) is 9.54. The third-order valence-corrected chi connectivity index (χ3v) is 2.27. The molecule has 0 aliphatic carbocycles. The molecule has 1 unspecified atom stereocenters. The highest BCUT2D eigenvalue weighted by Crippen LogP contribution is 2.22. The molecule has 0 aliphatic rings. The van der Waals surface area contributed by atoms with Crippen molar-refractivity contribution in [2.24, 2.45) is 0 Å². The maximum atomic E-state index is 12.9. The molecular formula is C11H12ClFN2O3. The summed E-state index contributed by atoms with van der Waals surface area (Å²) < 4.78 is 12.9. The van der Waals surface area contributed by atoms with E-state index in [1.165, 1.54) is 13.0 Å². The highest BCUT2D eigenvalue weighted by molar-refractivity contribution is 6.41. The zero-order valence-corrected chi connectivity index (χ0v) is 10.3. The predicted molar refractivity (Wildman–Crippen MR) is 64.7 cm³/mol. The molecule has 0 saturated heterocycles. The summed E-state index contributed by atoms with van der Waals surface area (Å²) in [7, 11) is 0. The lowest BCUT2D eigenvalue weighted by molar-refractivity contribution is -0.136. The topological polar surface area (TPSA) is 78.4 Å². The predicted octanol–water partition coefficient (Wildman–Crippen LogP) is 0.915. The molecule has 98 valence electrons. The van der Waals surface area contributed by atoms with Gasteiger partial charge in [-0.1, -0.05) is 11.6 Å². The number of hydrogen-bond acceptors (Lipinski definition) is 3. The Labute approximate surface area is 108 Å². The van der Waals surface area contributed by atoms with Gasteiger partial charge in [-0.25, -0.2) is 4.39 Å². The second kappa shape index (κ2) is 6.32. The van der Waals surface area contributed by atoms with Crippen molar-refractivity contribution in [1.82, 2.24) is 5.32 Å². The lowest BCUT2D eigenvalue weighted by Gasteiger charge is -2.08. The fourth-order valence-corrected chi connectivity index (χ4v) is 1.26. The molecule has 1 aromatic rings. The summed E-state index contributed by atoms with van der Waals surface area (Å²) in [5.74, 6) is -2.50. The van der Waals surface area contributed by atoms with Crippen LogP contribution in [-0.4, -0.2) is 29.6 Å². The smallest absolute Gasteiger partial charge is 0.313 e. The van der Waals surface area contributed by atoms with E-state index in [1.807, 2.05) is 0 Å². The van der Waals surface area contributed by atoms with Crippen LogP contribution in [0.5, 0.6) is 0 Å². The van der Waals surface area contributed by atoms with E-state index in [-0.39, 0.29) is 17.3 Å². The average molecular weight is 275 g/mol. The highest BCUT2D eigenvalue weighted by Gasteiger charge is 2.15. The Hall–Kier alpha value is -1.66. The minimum Gasteiger partial charge on any atom is -0.392 e. The van der Waals surface area contributed by atoms with Gasteiger partial charge < -0.3 is 15.7 Å². The number of anilines is 1. The van der Waals surface area contributed by atoms with Crippen LogP contribution in [0, 0.1) is 5.82 Å². The molecule has 1 aromatic carbocycles. The van der Waals surface area contributed by atoms with Crippen LogP contribution in [0.25, 0.3) is 0 Å². The molecule has 1 atom stereocenters. The number of carbonyl (C=O) groups excluding carboxylic acids is 2. The van der Waals surface area contributed by atoms with Gasteiger partial charge in [0, 0.05) is 6.54 Å². The Kier molecular flexibility index (Phi) is 5.06. The van der Waals surface area contributed by atoms with Crippen LogP contribution in [0.15, 0.2) is 18.2 Å². The Balaban J connectivity index is 2.64. The second-order valence-corrected chi connectivity index (χ2v) is 4.04. The molecule has 0 aliphatic heterocycles. The molecule has 0 fully saturated rings. The molecule has 0 saturated carbocycles. The van der Waals surface area contributed by atoms with Crippen LogP contribution in [0.1, 0.15) is 6.92 Å². The monoisotopic (exact) mass is 274 g/mol. The molecule has 5 nitrogen and oxygen atoms in total. The first-order valence-electron chi connectivity index (χ1n) is 5.12. The summed E-state index contributed by atoms with van der Waals surface area (Å²) in [6.45, 7) is 1.41. The standard InChI is InChI=1S/C11H12ClFN2O3/c1-6(16)5-14-10(17)11(18)15-9-4-7(13)2-3-8(9)12/h2-4,6,16H,5H2,1H3,(H,14,17)(H,15,18). The number of carbonyl (C=O) groups is 2. The summed E-state index contributed by atoms with van der Waals surface area (Å²) in [6, 6.07) is 3.40. The number of rotatable bonds is 3. The van der Waals surface area contributed by atoms with Crippen molar-refractivity contribution in [3.63, 3.8) is 0 Å². The largest absolute Gasteiger partial charge is 0.392 e. The first-order valence-corrected chi connectivity index (χ1v) is 5.50. The summed E-state index contributed by atoms with van der Waals surface area (Å²) >= 11 is 5.72. The van der Waals surface area contributed by atoms with Gasteiger partial charge in [0.25, 0.3) is 0 Å². The SMILES string of the molecule is CC(O)CNC(=O)C(=O)Nc1cc(F)ccc1Cl. The van der Waals surface area contributed by atoms with Crippen LogP contribution in [0.4, 0.5) is 10.1 Å². The maximum Gasteiger partial charge on any atom is 0.313 e. The molecule has 1 rings (SSSR count). The van der Waals surface area contributed by atoms with Crippen molar-refractivity contribution in [2.75, 3.05) is 11.9 Å². The van der Waals surface area contributed by atoms with Crippen LogP contribution < -0.4 is 10.6 Å². The van der Waals surface area contributed by atoms with Gasteiger partial charge in [0.1, 0.15) is 5.82 Å². The third-order valence-electron chi connectivity index (χ3n) is 1.94. The quantitative estimate of drug-likeness (QED) is 0.717. The van der Waals surface area contributed by atoms with Gasteiger partial charge in [-0.3, -0.25) is 9.59 Å². The Morgan fingerprint density at radius 3 is 2.72 bits per heavy atom. The third kappa shape index (κ3) is 4.31. The minimum atomic E-state index is -0.983. The Morgan fingerprint density at radius 1 is 1.44 bits per heavy atom. The van der Waals surface area contributed by atoms with E-state index in [1.54, 1.807) is 0 Å². The van der Waals surface area contributed by atoms with Crippen LogP contribution in [0.2, 0.25) is 5.02 Å². The number of aliphatic hydroxyl groups excluding tert-OH is 1. The van der Waals surface area contributed by atoms with E-state index in [2.05, 4.69) is 10.6 Å². The molecule has 18 heavy (non-hydrogen) atoms. The van der Waals surface area contributed by atoms with Crippen molar-refractivity contribution in [3.8, 4) is 0 Å². The zero-order chi connectivity index (χ0) is 13.7. The molecular weight excluding hydrogens is 263 g/mol. The molecule has 7 heteroatoms. The molecule has 3 N–H and O–H groups in total. The van der Waals surface area contributed by atoms with E-state index in [0.29, 0.717) is 0 Å². The van der Waals surface area contributed by atoms with Gasteiger partial charge in [0.05, 0.1) is 16.8 Å². The Morgan fingerprint density at radius 2 is 2.11 bits per heavy atom. The number of halogens is 2. The van der Waals surface area contributed by atoms with Gasteiger partial charge in [-0.15, -0.1) is 0 Å². The van der Waals surface area contributed by atoms with E-state index in [0.717, 1.165) is 12.1 Å². The summed E-state index contributed by atoms with van der Waals surface area (Å²) in [5.41, 5.74) is 0.00821. The number of benzene rings is 1. The van der Waals surface area contributed by atoms with Crippen LogP contribution >= 0.6 is 11.6 Å². The van der Waals surface area contributed by atoms with Crippen LogP contribution in [0.3, 0.4) is 0 Å². The summed E-state index contributed by atoms with van der Waals surface area (Å²) in [6.07, 6.45) is -0.764. The van der Waals surface area contributed by atoms with E-state index in [4.69, 9.17) is 16.7 Å². The fourth-order valence-electron chi connectivity index (χ4n) is 1.09. The lowest BCUT2D eigenvalue weighted by Crippen LogP contribution is -2.38. The van der Waals surface area contributed by atoms with Gasteiger partial charge in [-0.05, 0) is 25.1 Å². The van der Waals surface area contributed by atoms with Crippen molar-refractivity contribution in [2.45, 2.75) is 13.0 Å². The number of hydrogen-bond donors (Lipinski definition) is 3. The number of aliphatic hydroxyl groups is 1. The molecule has 2 amide bonds. The summed E-state index contributed by atoms with van der Waals surface area (Å²) in [4.78, 5) is 22.7. The van der Waals surface area contributed by atoms with E-state index in [9.17, 15) is 14.0 Å². The average Bonchev–Trinajstić information content (AvgIpc) is 2.30. The van der Waals surface area contributed by atoms with Gasteiger partial charge in [0.2, 0.25) is 0 Å². The first-order chi connectivity index (χ1) is 8.40.